The largest absolute Gasteiger partial charge is 0.481 e. The van der Waals surface area contributed by atoms with Crippen molar-refractivity contribution in [3.8, 4) is 0 Å². The van der Waals surface area contributed by atoms with Crippen LogP contribution in [-0.2, 0) is 131 Å². The van der Waals surface area contributed by atoms with Gasteiger partial charge in [-0.3, -0.25) is 120 Å². The molecular weight excluding hydrogens is 2020 g/mol. The number of benzene rings is 2. The van der Waals surface area contributed by atoms with Crippen molar-refractivity contribution in [2.45, 2.75) is 182 Å². The molecule has 0 saturated carbocycles. The number of carbonyl (C=O) groups excluding carboxylic acids is 17. The van der Waals surface area contributed by atoms with Crippen LogP contribution in [0.25, 0.3) is 21.9 Å². The number of aliphatic carboxylic acids is 4. The fourth-order valence-corrected chi connectivity index (χ4v) is 19.6. The van der Waals surface area contributed by atoms with Crippen LogP contribution in [0.15, 0.2) is 85.7 Å². The van der Waals surface area contributed by atoms with Crippen molar-refractivity contribution in [3.05, 3.63) is 120 Å². The number of hydrogen-bond acceptors (Lipinski definition) is 31. The summed E-state index contributed by atoms with van der Waals surface area (Å²) in [5, 5.41) is 83.8. The molecule has 4 saturated heterocycles. The van der Waals surface area contributed by atoms with E-state index in [1.807, 2.05) is 0 Å². The molecule has 0 radical (unpaired) electrons. The van der Waals surface area contributed by atoms with Crippen LogP contribution in [0.2, 0.25) is 0 Å². The monoisotopic (exact) mass is 2140 g/mol. The predicted octanol–water partition coefficient (Wildman–Crippen LogP) is -7.57. The van der Waals surface area contributed by atoms with Crippen molar-refractivity contribution in [2.75, 3.05) is 116 Å². The third-order valence-electron chi connectivity index (χ3n) is 25.2. The van der Waals surface area contributed by atoms with E-state index in [1.165, 1.54) is 61.4 Å². The number of aliphatic hydroxyl groups excluding tert-OH is 1. The van der Waals surface area contributed by atoms with Gasteiger partial charge in [0.05, 0.1) is 57.9 Å². The van der Waals surface area contributed by atoms with Crippen molar-refractivity contribution >= 4 is 168 Å². The van der Waals surface area contributed by atoms with Crippen LogP contribution in [0.3, 0.4) is 0 Å². The Hall–Kier alpha value is -14.9. The number of hydrogen-bond donors (Lipinski definition) is 24. The number of H-pyrrole nitrogens is 3. The molecule has 4 aromatic heterocycles. The maximum atomic E-state index is 15.8. The lowest BCUT2D eigenvalue weighted by molar-refractivity contribution is -0.150. The fraction of sp³-hybridized carbons (Fsp3) is 0.516. The van der Waals surface area contributed by atoms with Gasteiger partial charge in [0.1, 0.15) is 95.8 Å². The van der Waals surface area contributed by atoms with E-state index in [-0.39, 0.29) is 148 Å². The van der Waals surface area contributed by atoms with Crippen molar-refractivity contribution in [3.63, 3.8) is 0 Å². The second kappa shape index (κ2) is 57.0. The number of aromatic nitrogens is 5. The molecule has 53 nitrogen and oxygen atoms in total. The summed E-state index contributed by atoms with van der Waals surface area (Å²) in [5.74, 6) is -28.7. The minimum atomic E-state index is -2.25. The highest BCUT2D eigenvalue weighted by Crippen LogP contribution is 2.29. The molecule has 4 aliphatic heterocycles. The number of nitrogens with one attached hydrogen (secondary N) is 16. The molecule has 10 rings (SSSR count). The summed E-state index contributed by atoms with van der Waals surface area (Å²) in [5.41, 5.74) is 18.9. The third kappa shape index (κ3) is 36.5. The minimum absolute atomic E-state index is 0.000210. The molecule has 57 heteroatoms. The zero-order valence-electron chi connectivity index (χ0n) is 81.8. The van der Waals surface area contributed by atoms with Crippen molar-refractivity contribution in [1.29, 1.82) is 0 Å². The lowest BCUT2D eigenvalue weighted by Crippen LogP contribution is -2.65. The van der Waals surface area contributed by atoms with Crippen LogP contribution in [-0.4, -0.2) is 400 Å². The Morgan fingerprint density at radius 1 is 0.533 bits per heavy atom. The predicted molar refractivity (Wildman–Crippen MR) is 528 cm³/mol. The molecule has 1 unspecified atom stereocenters. The molecule has 150 heavy (non-hydrogen) atoms. The molecule has 27 N–H and O–H groups in total. The number of fused-ring (bicyclic) bond motifs is 2. The number of unbranched alkanes of at least 4 members (excludes halogenated alkanes) is 1. The maximum Gasteiger partial charge on any atom is 0.317 e. The molecule has 814 valence electrons. The highest BCUT2D eigenvalue weighted by Gasteiger charge is 2.46. The number of aromatic amines is 3. The smallest absolute Gasteiger partial charge is 0.317 e. The van der Waals surface area contributed by atoms with Crippen LogP contribution in [0, 0.1) is 17.6 Å². The molecule has 2 aromatic carbocycles. The van der Waals surface area contributed by atoms with Gasteiger partial charge < -0.3 is 136 Å². The zero-order chi connectivity index (χ0) is 109. The van der Waals surface area contributed by atoms with Gasteiger partial charge in [0.15, 0.2) is 0 Å². The van der Waals surface area contributed by atoms with Gasteiger partial charge in [-0.25, -0.2) is 18.7 Å². The number of carbonyl (C=O) groups is 21. The first-order chi connectivity index (χ1) is 71.4. The second-order valence-corrected chi connectivity index (χ2v) is 39.1. The number of amides is 17. The third-order valence-corrected chi connectivity index (χ3v) is 27.6. The zero-order valence-corrected chi connectivity index (χ0v) is 83.4. The molecule has 14 atom stereocenters. The van der Waals surface area contributed by atoms with Crippen molar-refractivity contribution in [1.82, 2.24) is 119 Å². The van der Waals surface area contributed by atoms with Crippen molar-refractivity contribution in [2.24, 2.45) is 23.1 Å². The van der Waals surface area contributed by atoms with Gasteiger partial charge >= 0.3 is 23.9 Å². The van der Waals surface area contributed by atoms with Gasteiger partial charge in [0.2, 0.25) is 100 Å². The number of pyridine rings is 1. The van der Waals surface area contributed by atoms with Gasteiger partial charge in [-0.2, -0.15) is 0 Å². The van der Waals surface area contributed by atoms with E-state index in [1.54, 1.807) is 31.7 Å². The highest BCUT2D eigenvalue weighted by molar-refractivity contribution is 8.76. The summed E-state index contributed by atoms with van der Waals surface area (Å²) >= 11 is 0. The molecule has 0 aliphatic carbocycles. The van der Waals surface area contributed by atoms with E-state index >= 15 is 33.6 Å². The van der Waals surface area contributed by atoms with Crippen LogP contribution in [0.4, 0.5) is 8.78 Å². The lowest BCUT2D eigenvalue weighted by atomic mass is 9.90. The SMILES string of the molecule is CC(=O)N[C@@H](Cc1c[nH]c2ccc(F)cc12)C(=O)N[C@H](C(=O)N[C@H](C(=O)N[C@H]1CSSC[C@@H](C(=O)N[C@@H](Cc2c[nH]c3ncccc23)C(=O)N2CC[C@H]2C(=O)NC(CCCCNC(=O)CN2CCN(CC(=O)O)CCN(CC(=O)O)CCN(CC(=O)O)CC2)C(N)=O)NC(=O)[C@H](CC(=O)O)NC(=O)[C@H](Cc2cnc[nH]2)NC(=O)[C@H](Cc2ccc(F)cc2)NC(=O)[C@H](CC(N)=O)NC(=O)[C@H](CC(N)=O)NC1=O)C1CCOCC1)[C@@H](C)O. The average molecular weight is 2140 g/mol. The standard InChI is InChI=1S/C93H124F2N26O27S2/c1-48(122)78(115-87(141)62(105-49(2)123)31-53-38-102-59-13-12-55(95)33-58(53)59)91(145)116-79(51-15-28-148-29-16-51)92(146)114-69-46-150-149-45-68(113-86(140)66(37-74(127)128)111-83(137)63(34-56-40-99-47-104-56)108-82(136)61(30-50-8-10-54(94)11-9-50)107-84(138)64(35-71(96)124)109-85(139)65(36-72(97)125)110-88(69)142)89(143)112-67(32-52-39-103-81-57(52)6-5-18-101-81)93(147)121-19-14-70(121)90(144)106-60(80(98)135)7-3-4-17-100-73(126)41-117-20-22-118(42-75(129)130)24-26-120(44-77(133)134)27-25-119(23-21-117)43-76(131)132/h5-6,8-13,18,33,38-40,47-48,51,60-70,78-79,102,122H,3-4,7,14-17,19-32,34-37,41-46H2,1-2H3,(H2,96,124)(H2,97,125)(H2,98,135)(H,99,104)(H,100,126)(H,101,103)(H,105,123)(H,106,144)(H,107,138)(H,108,136)(H,109,139)(H,110,142)(H,111,137)(H,112,143)(H,113,140)(H,114,146)(H,115,141)(H,116,145)(H,127,128)(H,129,130)(H,131,132)(H,133,134)/t48-,60?,61+,62+,63+,64+,65+,66+,67+,68+,69+,70+,78+,79+/m1/s1. The first kappa shape index (κ1) is 117. The van der Waals surface area contributed by atoms with E-state index in [9.17, 15) is 101 Å². The first-order valence-corrected chi connectivity index (χ1v) is 50.6. The normalized spacial score (nSPS) is 21.1. The van der Waals surface area contributed by atoms with E-state index in [0.29, 0.717) is 54.7 Å². The summed E-state index contributed by atoms with van der Waals surface area (Å²) in [4.78, 5) is 320. The molecule has 6 aromatic rings. The number of aliphatic hydroxyl groups is 1. The maximum absolute atomic E-state index is 15.8. The topological polar surface area (TPSA) is 793 Å². The van der Waals surface area contributed by atoms with Crippen LogP contribution < -0.4 is 86.3 Å². The Kier molecular flexibility index (Phi) is 44.5. The van der Waals surface area contributed by atoms with E-state index in [2.05, 4.69) is 94.0 Å². The van der Waals surface area contributed by atoms with Gasteiger partial charge in [-0.05, 0) is 111 Å². The number of imidazole rings is 1. The molecule has 8 heterocycles. The fourth-order valence-electron chi connectivity index (χ4n) is 17.2. The molecular formula is C93H124F2N26O27S2. The Morgan fingerprint density at radius 2 is 1.07 bits per heavy atom. The Balaban J connectivity index is 0.950. The summed E-state index contributed by atoms with van der Waals surface area (Å²) in [6.45, 7) is 1.74. The Bertz CT molecular complexity index is 5810. The van der Waals surface area contributed by atoms with E-state index in [4.69, 9.17) is 21.9 Å². The number of carboxylic acid groups (broad SMARTS) is 4. The number of rotatable bonds is 42. The molecule has 0 spiro atoms. The van der Waals surface area contributed by atoms with Crippen LogP contribution in [0.1, 0.15) is 94.0 Å². The number of likely N-dealkylation sites (tertiary alicyclic amines) is 1. The Labute approximate surface area is 863 Å². The Morgan fingerprint density at radius 3 is 1.62 bits per heavy atom. The van der Waals surface area contributed by atoms with Gasteiger partial charge in [-0.15, -0.1) is 0 Å². The summed E-state index contributed by atoms with van der Waals surface area (Å²) < 4.78 is 34.8. The van der Waals surface area contributed by atoms with Gasteiger partial charge in [-0.1, -0.05) is 33.7 Å². The molecule has 4 fully saturated rings. The van der Waals surface area contributed by atoms with Gasteiger partial charge in [0, 0.05) is 170 Å². The van der Waals surface area contributed by atoms with Gasteiger partial charge in [0.25, 0.3) is 0 Å². The summed E-state index contributed by atoms with van der Waals surface area (Å²) in [6.07, 6.45) is -0.275. The van der Waals surface area contributed by atoms with E-state index < -0.39 is 290 Å². The molecule has 0 bridgehead atoms. The summed E-state index contributed by atoms with van der Waals surface area (Å²) in [7, 11) is 1.23. The summed E-state index contributed by atoms with van der Waals surface area (Å²) in [6, 6.07) is -13.0. The number of nitrogens with two attached hydrogens (primary N) is 3. The number of ether oxygens (including phenoxy) is 1. The number of primary amides is 3. The number of carboxylic acids is 4. The number of nitrogens with zero attached hydrogens (tertiary/aromatic N) is 7. The quantitative estimate of drug-likeness (QED) is 0.0125. The highest BCUT2D eigenvalue weighted by atomic mass is 33.1. The number of halogens is 2. The van der Waals surface area contributed by atoms with Crippen LogP contribution in [0.5, 0.6) is 0 Å². The van der Waals surface area contributed by atoms with E-state index in [0.717, 1.165) is 30.9 Å². The second-order valence-electron chi connectivity index (χ2n) is 36.6. The lowest BCUT2D eigenvalue weighted by Gasteiger charge is -2.42. The average Bonchev–Trinajstić information content (AvgIpc) is 1.43. The molecule has 4 aliphatic rings. The van der Waals surface area contributed by atoms with Crippen LogP contribution >= 0.6 is 21.6 Å². The first-order valence-electron chi connectivity index (χ1n) is 48.1. The molecule has 17 amide bonds. The van der Waals surface area contributed by atoms with Crippen molar-refractivity contribution < 1.29 is 140 Å². The minimum Gasteiger partial charge on any atom is -0.481 e.